The van der Waals surface area contributed by atoms with Crippen LogP contribution in [0.25, 0.3) is 16.9 Å². The number of carbonyl (C=O) groups excluding carboxylic acids is 3. The number of hydrogen-bond acceptors (Lipinski definition) is 10. The van der Waals surface area contributed by atoms with Gasteiger partial charge < -0.3 is 22.3 Å². The van der Waals surface area contributed by atoms with Crippen molar-refractivity contribution in [3.8, 4) is 11.1 Å². The highest BCUT2D eigenvalue weighted by atomic mass is 16.3. The van der Waals surface area contributed by atoms with Gasteiger partial charge in [0, 0.05) is 18.0 Å². The van der Waals surface area contributed by atoms with Crippen LogP contribution in [-0.2, 0) is 27.3 Å². The maximum absolute atomic E-state index is 13.9. The summed E-state index contributed by atoms with van der Waals surface area (Å²) in [5, 5.41) is 17.4. The lowest BCUT2D eigenvalue weighted by molar-refractivity contribution is -0.136. The summed E-state index contributed by atoms with van der Waals surface area (Å²) < 4.78 is 0. The minimum Gasteiger partial charge on any atom is -0.507 e. The highest BCUT2D eigenvalue weighted by molar-refractivity contribution is 6.33. The first-order valence-electron chi connectivity index (χ1n) is 11.6. The first-order chi connectivity index (χ1) is 17.6. The predicted octanol–water partition coefficient (Wildman–Crippen LogP) is 2.21. The quantitative estimate of drug-likeness (QED) is 0.270. The first kappa shape index (κ1) is 24.3. The van der Waals surface area contributed by atoms with E-state index in [0.717, 1.165) is 11.1 Å². The molecule has 0 spiro atoms. The normalized spacial score (nSPS) is 26.5. The Morgan fingerprint density at radius 2 is 1.78 bits per heavy atom. The molecule has 0 radical (unpaired) electrons. The van der Waals surface area contributed by atoms with Crippen molar-refractivity contribution in [1.82, 2.24) is 0 Å². The van der Waals surface area contributed by atoms with Crippen LogP contribution >= 0.6 is 0 Å². The van der Waals surface area contributed by atoms with E-state index >= 15 is 0 Å². The summed E-state index contributed by atoms with van der Waals surface area (Å²) in [6.07, 6.45) is 1.23. The van der Waals surface area contributed by atoms with Crippen LogP contribution in [0, 0.1) is 15.7 Å². The number of amides is 1. The average molecular weight is 501 g/mol. The predicted molar refractivity (Wildman–Crippen MR) is 134 cm³/mol. The fourth-order valence-electron chi connectivity index (χ4n) is 5.96. The van der Waals surface area contributed by atoms with Crippen LogP contribution in [0.5, 0.6) is 0 Å². The third kappa shape index (κ3) is 3.24. The number of aliphatic hydroxyl groups is 1. The molecule has 37 heavy (non-hydrogen) atoms. The Hall–Kier alpha value is -4.35. The van der Waals surface area contributed by atoms with E-state index in [1.54, 1.807) is 6.07 Å². The fraction of sp³-hybridized carbons (Fsp3) is 0.269. The van der Waals surface area contributed by atoms with Crippen molar-refractivity contribution in [2.45, 2.75) is 36.9 Å². The van der Waals surface area contributed by atoms with Gasteiger partial charge in [0.05, 0.1) is 16.7 Å². The van der Waals surface area contributed by atoms with Gasteiger partial charge in [0.25, 0.3) is 5.91 Å². The van der Waals surface area contributed by atoms with Gasteiger partial charge in [-0.1, -0.05) is 36.4 Å². The van der Waals surface area contributed by atoms with Crippen LogP contribution < -0.4 is 17.2 Å². The molecule has 11 heteroatoms. The second kappa shape index (κ2) is 8.36. The number of hydrogen-bond donors (Lipinski definition) is 4. The molecule has 1 fully saturated rings. The molecule has 0 unspecified atom stereocenters. The molecule has 3 aliphatic carbocycles. The van der Waals surface area contributed by atoms with E-state index in [0.29, 0.717) is 17.7 Å². The number of allylic oxidation sites excluding steroid dienone is 1. The molecule has 1 amide bonds. The summed E-state index contributed by atoms with van der Waals surface area (Å²) in [7, 11) is 0. The lowest BCUT2D eigenvalue weighted by atomic mass is 9.55. The molecule has 188 valence electrons. The Bertz CT molecular complexity index is 1480. The molecule has 0 aromatic heterocycles. The first-order valence-corrected chi connectivity index (χ1v) is 11.6. The molecule has 0 aliphatic heterocycles. The number of fused-ring (bicyclic) bond motifs is 3. The van der Waals surface area contributed by atoms with Gasteiger partial charge in [-0.3, -0.25) is 14.4 Å². The van der Waals surface area contributed by atoms with Crippen molar-refractivity contribution in [3.63, 3.8) is 0 Å². The SMILES string of the molecule is NCc1ccc(-c2ccc(N=O)c3c2C[C@@]2(N)C[C@H]4CC=C(C(N)=O)C(=O)[C@@]4(N=O)C(=O)C2=C3O)cc1. The third-order valence-electron chi connectivity index (χ3n) is 7.74. The Morgan fingerprint density at radius 3 is 2.38 bits per heavy atom. The summed E-state index contributed by atoms with van der Waals surface area (Å²) >= 11 is 0. The van der Waals surface area contributed by atoms with Gasteiger partial charge in [0.15, 0.2) is 0 Å². The van der Waals surface area contributed by atoms with Crippen LogP contribution in [-0.4, -0.2) is 33.7 Å². The van der Waals surface area contributed by atoms with Crippen LogP contribution in [0.2, 0.25) is 0 Å². The summed E-state index contributed by atoms with van der Waals surface area (Å²) in [6, 6.07) is 10.5. The van der Waals surface area contributed by atoms with Gasteiger partial charge in [-0.15, -0.1) is 9.81 Å². The van der Waals surface area contributed by atoms with Crippen molar-refractivity contribution in [3.05, 3.63) is 80.1 Å². The van der Waals surface area contributed by atoms with Gasteiger partial charge in [-0.25, -0.2) is 0 Å². The molecule has 2 aromatic rings. The Balaban J connectivity index is 1.75. The molecule has 3 aliphatic rings. The zero-order valence-electron chi connectivity index (χ0n) is 19.6. The molecule has 0 heterocycles. The lowest BCUT2D eigenvalue weighted by Crippen LogP contribution is -2.66. The second-order valence-electron chi connectivity index (χ2n) is 9.67. The van der Waals surface area contributed by atoms with E-state index in [9.17, 15) is 29.3 Å². The largest absolute Gasteiger partial charge is 0.507 e. The number of nitroso groups, excluding NO2 is 2. The topological polar surface area (TPSA) is 208 Å². The van der Waals surface area contributed by atoms with Crippen LogP contribution in [0.4, 0.5) is 5.69 Å². The van der Waals surface area contributed by atoms with Crippen molar-refractivity contribution in [2.75, 3.05) is 0 Å². The highest BCUT2D eigenvalue weighted by Gasteiger charge is 2.66. The minimum absolute atomic E-state index is 0.00625. The number of carbonyl (C=O) groups is 3. The number of nitrogens with two attached hydrogens (primary N) is 3. The van der Waals surface area contributed by atoms with Gasteiger partial charge >= 0.3 is 0 Å². The standard InChI is InChI=1S/C26H23N5O6/c27-11-12-1-3-13(4-2-12)15-7-8-18(30-36)19-17(15)10-25(29)9-14-5-6-16(24(28)35)22(33)26(14,31-37)23(34)20(25)21(19)32/h1-4,6-8,14,32H,5,9-11,27,29H2,(H2,28,35)/t14-,25+,26-/m1/s1. The van der Waals surface area contributed by atoms with Crippen molar-refractivity contribution in [2.24, 2.45) is 33.5 Å². The molecule has 0 saturated heterocycles. The molecule has 1 saturated carbocycles. The Morgan fingerprint density at radius 1 is 1.08 bits per heavy atom. The maximum atomic E-state index is 13.9. The summed E-state index contributed by atoms with van der Waals surface area (Å²) in [5.41, 5.74) is 15.6. The Labute approximate surface area is 210 Å². The van der Waals surface area contributed by atoms with Gasteiger partial charge in [0.2, 0.25) is 17.1 Å². The van der Waals surface area contributed by atoms with Gasteiger partial charge in [-0.05, 0) is 57.9 Å². The number of Topliss-reactive ketones (excluding diaryl/α,β-unsaturated/α-hetero) is 2. The number of nitrogens with zero attached hydrogens (tertiary/aromatic N) is 2. The second-order valence-corrected chi connectivity index (χ2v) is 9.67. The summed E-state index contributed by atoms with van der Waals surface area (Å²) in [6.45, 7) is 0.353. The van der Waals surface area contributed by atoms with Gasteiger partial charge in [-0.2, -0.15) is 0 Å². The monoisotopic (exact) mass is 501 g/mol. The minimum atomic E-state index is -2.49. The molecule has 3 atom stereocenters. The van der Waals surface area contributed by atoms with E-state index in [2.05, 4.69) is 10.4 Å². The summed E-state index contributed by atoms with van der Waals surface area (Å²) in [5.74, 6) is -4.90. The molecule has 11 nitrogen and oxygen atoms in total. The highest BCUT2D eigenvalue weighted by Crippen LogP contribution is 2.53. The maximum Gasteiger partial charge on any atom is 0.252 e. The van der Waals surface area contributed by atoms with E-state index < -0.39 is 51.4 Å². The van der Waals surface area contributed by atoms with Crippen molar-refractivity contribution >= 4 is 28.9 Å². The van der Waals surface area contributed by atoms with E-state index in [-0.39, 0.29) is 30.5 Å². The smallest absolute Gasteiger partial charge is 0.252 e. The van der Waals surface area contributed by atoms with E-state index in [1.807, 2.05) is 24.3 Å². The number of ketones is 2. The molecule has 2 aromatic carbocycles. The van der Waals surface area contributed by atoms with Crippen LogP contribution in [0.1, 0.15) is 29.5 Å². The molecular weight excluding hydrogens is 478 g/mol. The fourth-order valence-corrected chi connectivity index (χ4v) is 5.96. The lowest BCUT2D eigenvalue weighted by Gasteiger charge is -2.49. The van der Waals surface area contributed by atoms with Crippen LogP contribution in [0.15, 0.2) is 64.0 Å². The molecule has 5 rings (SSSR count). The number of primary amides is 1. The van der Waals surface area contributed by atoms with E-state index in [4.69, 9.17) is 17.2 Å². The zero-order chi connectivity index (χ0) is 26.7. The summed E-state index contributed by atoms with van der Waals surface area (Å²) in [4.78, 5) is 62.7. The Kier molecular flexibility index (Phi) is 5.50. The van der Waals surface area contributed by atoms with Gasteiger partial charge in [0.1, 0.15) is 11.4 Å². The molecule has 0 bridgehead atoms. The average Bonchev–Trinajstić information content (AvgIpc) is 2.88. The third-order valence-corrected chi connectivity index (χ3v) is 7.74. The van der Waals surface area contributed by atoms with Crippen LogP contribution in [0.3, 0.4) is 0 Å². The number of rotatable bonds is 5. The van der Waals surface area contributed by atoms with Crippen molar-refractivity contribution in [1.29, 1.82) is 0 Å². The number of benzene rings is 2. The van der Waals surface area contributed by atoms with Crippen molar-refractivity contribution < 1.29 is 19.5 Å². The molecule has 7 N–H and O–H groups in total. The number of aliphatic hydroxyl groups excluding tert-OH is 1. The zero-order valence-corrected chi connectivity index (χ0v) is 19.6. The van der Waals surface area contributed by atoms with E-state index in [1.165, 1.54) is 12.1 Å². The molecular formula is C26H23N5O6.